The summed E-state index contributed by atoms with van der Waals surface area (Å²) >= 11 is 1.06. The molecule has 2 aromatic heterocycles. The second-order valence-electron chi connectivity index (χ2n) is 19.2. The number of nitrogens with two attached hydrogens (primary N) is 2. The number of fused-ring (bicyclic) bond motifs is 1. The maximum Gasteiger partial charge on any atom is 0.394 e. The van der Waals surface area contributed by atoms with Crippen LogP contribution in [0.3, 0.4) is 0 Å². The quantitative estimate of drug-likeness (QED) is 0.0395. The van der Waals surface area contributed by atoms with Gasteiger partial charge in [-0.1, -0.05) is 34.1 Å². The number of carboxylic acids is 2. The molecule has 2 aromatic rings. The first-order valence-electron chi connectivity index (χ1n) is 23.2. The Morgan fingerprint density at radius 2 is 1.55 bits per heavy atom. The normalized spacial score (nSPS) is 14.4. The number of H-pyrrole nitrogens is 1. The van der Waals surface area contributed by atoms with E-state index in [1.807, 2.05) is 0 Å². The average molecular weight is 1030 g/mol. The molecule has 1 aliphatic carbocycles. The number of amides is 5. The lowest BCUT2D eigenvalue weighted by molar-refractivity contribution is -0.147. The Hall–Kier alpha value is -5.95. The number of aromatic carboxylic acids is 1. The third kappa shape index (κ3) is 20.7. The number of hydrogen-bond donors (Lipinski definition) is 10. The van der Waals surface area contributed by atoms with E-state index in [1.54, 1.807) is 54.8 Å². The minimum absolute atomic E-state index is 0. The van der Waals surface area contributed by atoms with Crippen molar-refractivity contribution in [1.29, 1.82) is 0 Å². The summed E-state index contributed by atoms with van der Waals surface area (Å²) in [5, 5.41) is 37.1. The van der Waals surface area contributed by atoms with Crippen LogP contribution in [0.5, 0.6) is 0 Å². The summed E-state index contributed by atoms with van der Waals surface area (Å²) in [5.41, 5.74) is 9.21. The van der Waals surface area contributed by atoms with Crippen molar-refractivity contribution in [3.63, 3.8) is 0 Å². The molecule has 3 rings (SSSR count). The van der Waals surface area contributed by atoms with Crippen molar-refractivity contribution >= 4 is 75.2 Å². The number of rotatable bonds is 30. The second-order valence-corrected chi connectivity index (χ2v) is 20.3. The molecule has 23 nitrogen and oxygen atoms in total. The van der Waals surface area contributed by atoms with Crippen molar-refractivity contribution in [2.24, 2.45) is 34.1 Å². The number of unbranched alkanes of at least 4 members (excludes halogenated alkanes) is 1. The van der Waals surface area contributed by atoms with Gasteiger partial charge < -0.3 is 62.5 Å². The predicted molar refractivity (Wildman–Crippen MR) is 265 cm³/mol. The fourth-order valence-electron chi connectivity index (χ4n) is 7.44. The van der Waals surface area contributed by atoms with E-state index in [2.05, 4.69) is 31.2 Å². The van der Waals surface area contributed by atoms with Crippen LogP contribution in [0.25, 0.3) is 0 Å². The van der Waals surface area contributed by atoms with E-state index in [1.165, 1.54) is 6.33 Å². The fourth-order valence-corrected chi connectivity index (χ4v) is 8.79. The lowest BCUT2D eigenvalue weighted by atomic mass is 9.71. The average Bonchev–Trinajstić information content (AvgIpc) is 3.93. The molecule has 12 N–H and O–H groups in total. The number of carbonyl (C=O) groups is 10. The number of nitrogens with zero attached hydrogens (tertiary/aromatic N) is 1. The number of aliphatic hydroxyl groups excluding tert-OH is 1. The van der Waals surface area contributed by atoms with Gasteiger partial charge in [0.2, 0.25) is 23.6 Å². The Kier molecular flexibility index (Phi) is 24.8. The van der Waals surface area contributed by atoms with Gasteiger partial charge in [-0.15, -0.1) is 11.3 Å². The lowest BCUT2D eigenvalue weighted by Crippen LogP contribution is -2.56. The Morgan fingerprint density at radius 3 is 2.14 bits per heavy atom. The Labute approximate surface area is 421 Å². The highest BCUT2D eigenvalue weighted by atomic mass is 32.1. The van der Waals surface area contributed by atoms with Gasteiger partial charge in [0.15, 0.2) is 5.78 Å². The SMILES string of the molecule is CC(C)(CC(=O)C(C)(C)CC(=O)C(C)(C)NC(=O)[C@@H](N)Cc1cnc[nH]1)C(=O)C[C@@H](CCCCNC(=O)CO)C(N)=O.COCCOCCNC(=O)CC1CCc2c(sc(NC(=O)C(=O)O)c2C(=O)O)C1.[HH].[HH].[HH]. The predicted octanol–water partition coefficient (Wildman–Crippen LogP) is 1.97. The Balaban J connectivity index is 0. The maximum absolute atomic E-state index is 13.3. The number of aliphatic carboxylic acids is 1. The molecular weight excluding hydrogens is 949 g/mol. The molecule has 0 aromatic carbocycles. The van der Waals surface area contributed by atoms with Gasteiger partial charge >= 0.3 is 17.8 Å². The smallest absolute Gasteiger partial charge is 0.394 e. The minimum atomic E-state index is -1.69. The molecule has 0 aliphatic heterocycles. The number of hydrogen-bond acceptors (Lipinski definition) is 16. The van der Waals surface area contributed by atoms with Crippen molar-refractivity contribution in [2.75, 3.05) is 51.9 Å². The number of aromatic nitrogens is 2. The number of aromatic amines is 1. The fraction of sp³-hybridized carbons (Fsp3) is 0.638. The zero-order valence-corrected chi connectivity index (χ0v) is 42.5. The molecule has 1 unspecified atom stereocenters. The number of carboxylic acid groups (broad SMARTS) is 2. The molecule has 71 heavy (non-hydrogen) atoms. The summed E-state index contributed by atoms with van der Waals surface area (Å²) in [4.78, 5) is 129. The second kappa shape index (κ2) is 28.8. The van der Waals surface area contributed by atoms with Gasteiger partial charge in [0.05, 0.1) is 43.3 Å². The number of Topliss-reactive ketones (excluding diaryl/α,β-unsaturated/α-hetero) is 3. The van der Waals surface area contributed by atoms with Crippen LogP contribution < -0.4 is 32.7 Å². The van der Waals surface area contributed by atoms with Crippen LogP contribution in [0.4, 0.5) is 5.00 Å². The number of anilines is 1. The number of methoxy groups -OCH3 is 1. The molecule has 0 saturated heterocycles. The summed E-state index contributed by atoms with van der Waals surface area (Å²) in [5.74, 6) is -7.57. The molecule has 0 radical (unpaired) electrons. The Bertz CT molecular complexity index is 2210. The molecule has 24 heteroatoms. The topological polar surface area (TPSA) is 379 Å². The van der Waals surface area contributed by atoms with Crippen LogP contribution in [-0.2, 0) is 71.9 Å². The maximum atomic E-state index is 13.3. The molecule has 0 bridgehead atoms. The van der Waals surface area contributed by atoms with Crippen LogP contribution >= 0.6 is 11.3 Å². The van der Waals surface area contributed by atoms with Gasteiger partial charge in [-0.3, -0.25) is 38.4 Å². The van der Waals surface area contributed by atoms with Gasteiger partial charge in [0, 0.05) is 90.1 Å². The first kappa shape index (κ1) is 61.2. The molecule has 1 aliphatic rings. The largest absolute Gasteiger partial charge is 0.478 e. The van der Waals surface area contributed by atoms with Gasteiger partial charge in [-0.25, -0.2) is 14.6 Å². The van der Waals surface area contributed by atoms with Crippen LogP contribution in [0.2, 0.25) is 0 Å². The number of aliphatic hydroxyl groups is 1. The van der Waals surface area contributed by atoms with Crippen LogP contribution in [-0.4, -0.2) is 142 Å². The van der Waals surface area contributed by atoms with E-state index in [0.717, 1.165) is 16.2 Å². The molecule has 0 saturated carbocycles. The van der Waals surface area contributed by atoms with E-state index in [0.29, 0.717) is 89.1 Å². The third-order valence-electron chi connectivity index (χ3n) is 11.9. The number of primary amides is 1. The first-order valence-corrected chi connectivity index (χ1v) is 24.0. The minimum Gasteiger partial charge on any atom is -0.478 e. The molecule has 5 amide bonds. The molecule has 3 atom stereocenters. The number of thiophene rings is 1. The number of nitrogens with one attached hydrogen (secondary N) is 5. The number of carbonyl (C=O) groups excluding carboxylic acids is 8. The highest BCUT2D eigenvalue weighted by Crippen LogP contribution is 2.40. The monoisotopic (exact) mass is 1030 g/mol. The molecular formula is C47H78N8O15S. The van der Waals surface area contributed by atoms with Crippen molar-refractivity contribution < 1.29 is 77.0 Å². The van der Waals surface area contributed by atoms with E-state index in [4.69, 9.17) is 31.2 Å². The number of ether oxygens (including phenoxy) is 2. The molecule has 402 valence electrons. The van der Waals surface area contributed by atoms with Crippen molar-refractivity contribution in [2.45, 2.75) is 124 Å². The molecule has 0 fully saturated rings. The van der Waals surface area contributed by atoms with Crippen molar-refractivity contribution in [3.8, 4) is 0 Å². The summed E-state index contributed by atoms with van der Waals surface area (Å²) < 4.78 is 10.1. The number of ketones is 3. The lowest BCUT2D eigenvalue weighted by Gasteiger charge is -2.33. The van der Waals surface area contributed by atoms with Crippen LogP contribution in [0, 0.1) is 22.7 Å². The van der Waals surface area contributed by atoms with Crippen LogP contribution in [0.15, 0.2) is 12.5 Å². The number of imidazole rings is 1. The zero-order chi connectivity index (χ0) is 53.7. The third-order valence-corrected chi connectivity index (χ3v) is 13.1. The molecule has 0 spiro atoms. The standard InChI is InChI=1S/C29H48N6O7.C18H24N2O8S.3H2/c1-27(2,21(37)11-18(25(31)41)9-7-8-10-33-24(40)16-36)13-22(38)28(3,4)14-23(39)29(5,6)35-26(42)20(30)12-19-15-32-17-34-19;1-27-6-7-28-5-4-19-13(21)9-10-2-3-11-12(8-10)29-16(14(11)17(23)24)20-15(22)18(25)26;;;/h15,17-18,20,36H,7-14,16,30H2,1-6H3,(H2,31,41)(H,32,34)(H,33,40)(H,35,42);10H,2-9H2,1H3,(H,19,21)(H,20,22)(H,23,24)(H,25,26);3*1H/t18-,20+;;;;/m1..../s1. The van der Waals surface area contributed by atoms with Gasteiger partial charge in [-0.05, 0) is 57.4 Å². The zero-order valence-electron chi connectivity index (χ0n) is 41.7. The van der Waals surface area contributed by atoms with E-state index < -0.39 is 70.5 Å². The van der Waals surface area contributed by atoms with Crippen LogP contribution in [0.1, 0.15) is 124 Å². The highest BCUT2D eigenvalue weighted by Gasteiger charge is 2.42. The van der Waals surface area contributed by atoms with Gasteiger partial charge in [0.1, 0.15) is 23.2 Å². The van der Waals surface area contributed by atoms with E-state index in [-0.39, 0.29) is 69.7 Å². The summed E-state index contributed by atoms with van der Waals surface area (Å²) in [6.45, 7) is 11.1. The van der Waals surface area contributed by atoms with Crippen molar-refractivity contribution in [1.82, 2.24) is 25.9 Å². The Morgan fingerprint density at radius 1 is 0.901 bits per heavy atom. The van der Waals surface area contributed by atoms with E-state index in [9.17, 15) is 53.1 Å². The summed E-state index contributed by atoms with van der Waals surface area (Å²) in [6.07, 6.45) is 6.10. The first-order chi connectivity index (χ1) is 33.1. The highest BCUT2D eigenvalue weighted by molar-refractivity contribution is 7.17. The summed E-state index contributed by atoms with van der Waals surface area (Å²) in [7, 11) is 1.58. The summed E-state index contributed by atoms with van der Waals surface area (Å²) in [6, 6.07) is -0.907. The van der Waals surface area contributed by atoms with E-state index >= 15 is 0 Å². The van der Waals surface area contributed by atoms with Gasteiger partial charge in [0.25, 0.3) is 0 Å². The molecule has 2 heterocycles. The van der Waals surface area contributed by atoms with Crippen molar-refractivity contribution in [3.05, 3.63) is 34.2 Å². The van der Waals surface area contributed by atoms with Gasteiger partial charge in [-0.2, -0.15) is 0 Å².